The predicted molar refractivity (Wildman–Crippen MR) is 61.6 cm³/mol. The molecule has 0 aromatic heterocycles. The number of carbonyl (C=O) groups excluding carboxylic acids is 1. The number of rotatable bonds is 4. The second kappa shape index (κ2) is 6.08. The van der Waals surface area contributed by atoms with Crippen LogP contribution in [0.4, 0.5) is 0 Å². The molecule has 1 saturated heterocycles. The minimum absolute atomic E-state index is 0.303. The summed E-state index contributed by atoms with van der Waals surface area (Å²) in [6.45, 7) is 8.55. The molecule has 15 heavy (non-hydrogen) atoms. The first-order valence-electron chi connectivity index (χ1n) is 5.91. The van der Waals surface area contributed by atoms with Crippen LogP contribution in [-0.2, 0) is 4.79 Å². The summed E-state index contributed by atoms with van der Waals surface area (Å²) in [4.78, 5) is 16.0. The van der Waals surface area contributed by atoms with E-state index in [9.17, 15) is 4.79 Å². The Bertz CT molecular complexity index is 200. The zero-order valence-electron chi connectivity index (χ0n) is 9.91. The molecule has 0 saturated carbocycles. The molecule has 0 aliphatic carbocycles. The van der Waals surface area contributed by atoms with Gasteiger partial charge in [0.05, 0.1) is 0 Å². The molecule has 1 rings (SSSR count). The smallest absolute Gasteiger partial charge is 0.222 e. The quantitative estimate of drug-likeness (QED) is 0.729. The van der Waals surface area contributed by atoms with Gasteiger partial charge in [0.1, 0.15) is 0 Å². The van der Waals surface area contributed by atoms with Gasteiger partial charge in [-0.2, -0.15) is 0 Å². The Hall–Kier alpha value is -0.610. The summed E-state index contributed by atoms with van der Waals surface area (Å²) in [6, 6.07) is 0.438. The van der Waals surface area contributed by atoms with Gasteiger partial charge in [0, 0.05) is 45.2 Å². The van der Waals surface area contributed by atoms with Gasteiger partial charge in [0.25, 0.3) is 0 Å². The molecule has 4 nitrogen and oxygen atoms in total. The van der Waals surface area contributed by atoms with Crippen molar-refractivity contribution in [2.24, 2.45) is 5.73 Å². The topological polar surface area (TPSA) is 49.6 Å². The summed E-state index contributed by atoms with van der Waals surface area (Å²) in [7, 11) is 0. The zero-order chi connectivity index (χ0) is 11.3. The highest BCUT2D eigenvalue weighted by molar-refractivity contribution is 5.76. The lowest BCUT2D eigenvalue weighted by atomic mass is 10.2. The molecule has 1 heterocycles. The van der Waals surface area contributed by atoms with E-state index in [0.717, 1.165) is 32.6 Å². The van der Waals surface area contributed by atoms with Crippen LogP contribution in [0, 0.1) is 0 Å². The van der Waals surface area contributed by atoms with Gasteiger partial charge in [0.15, 0.2) is 0 Å². The van der Waals surface area contributed by atoms with Crippen LogP contribution in [0.1, 0.15) is 26.7 Å². The molecule has 0 radical (unpaired) electrons. The fraction of sp³-hybridized carbons (Fsp3) is 0.909. The van der Waals surface area contributed by atoms with Crippen LogP contribution >= 0.6 is 0 Å². The van der Waals surface area contributed by atoms with Crippen molar-refractivity contribution < 1.29 is 4.79 Å². The number of nitrogens with zero attached hydrogens (tertiary/aromatic N) is 2. The van der Waals surface area contributed by atoms with Crippen LogP contribution in [0.15, 0.2) is 0 Å². The lowest BCUT2D eigenvalue weighted by molar-refractivity contribution is -0.133. The highest BCUT2D eigenvalue weighted by Gasteiger charge is 2.22. The van der Waals surface area contributed by atoms with E-state index in [-0.39, 0.29) is 0 Å². The fourth-order valence-electron chi connectivity index (χ4n) is 1.93. The Kier molecular flexibility index (Phi) is 5.05. The average molecular weight is 213 g/mol. The van der Waals surface area contributed by atoms with Gasteiger partial charge < -0.3 is 10.6 Å². The molecule has 1 amide bonds. The number of carbonyl (C=O) groups is 1. The highest BCUT2D eigenvalue weighted by atomic mass is 16.2. The second-order valence-corrected chi connectivity index (χ2v) is 4.25. The average Bonchev–Trinajstić information content (AvgIpc) is 2.28. The van der Waals surface area contributed by atoms with Crippen molar-refractivity contribution in [1.29, 1.82) is 0 Å². The predicted octanol–water partition coefficient (Wildman–Crippen LogP) is 0.278. The summed E-state index contributed by atoms with van der Waals surface area (Å²) < 4.78 is 0. The molecule has 1 aliphatic rings. The molecule has 88 valence electrons. The van der Waals surface area contributed by atoms with Crippen molar-refractivity contribution in [3.05, 3.63) is 0 Å². The van der Waals surface area contributed by atoms with Crippen LogP contribution < -0.4 is 5.73 Å². The van der Waals surface area contributed by atoms with Crippen molar-refractivity contribution in [3.63, 3.8) is 0 Å². The van der Waals surface area contributed by atoms with Crippen LogP contribution in [-0.4, -0.2) is 54.5 Å². The molecule has 2 N–H and O–H groups in total. The molecular formula is C11H23N3O. The molecule has 1 unspecified atom stereocenters. The first kappa shape index (κ1) is 12.5. The van der Waals surface area contributed by atoms with Gasteiger partial charge in [-0.15, -0.1) is 0 Å². The number of hydrogen-bond donors (Lipinski definition) is 1. The largest absolute Gasteiger partial charge is 0.340 e. The molecule has 0 aromatic carbocycles. The Balaban J connectivity index is 2.32. The third-order valence-electron chi connectivity index (χ3n) is 3.10. The highest BCUT2D eigenvalue weighted by Crippen LogP contribution is 2.07. The summed E-state index contributed by atoms with van der Waals surface area (Å²) in [5.41, 5.74) is 5.62. The third-order valence-corrected chi connectivity index (χ3v) is 3.10. The van der Waals surface area contributed by atoms with Crippen molar-refractivity contribution in [2.45, 2.75) is 32.7 Å². The molecule has 1 aliphatic heterocycles. The first-order chi connectivity index (χ1) is 7.19. The summed E-state index contributed by atoms with van der Waals surface area (Å²) >= 11 is 0. The van der Waals surface area contributed by atoms with Crippen molar-refractivity contribution in [1.82, 2.24) is 9.80 Å². The van der Waals surface area contributed by atoms with Gasteiger partial charge in [-0.1, -0.05) is 6.92 Å². The Morgan fingerprint density at radius 1 is 1.33 bits per heavy atom. The maximum absolute atomic E-state index is 11.6. The van der Waals surface area contributed by atoms with Crippen LogP contribution in [0.25, 0.3) is 0 Å². The number of nitrogens with two attached hydrogens (primary N) is 1. The van der Waals surface area contributed by atoms with E-state index in [1.165, 1.54) is 0 Å². The molecular weight excluding hydrogens is 190 g/mol. The van der Waals surface area contributed by atoms with E-state index >= 15 is 0 Å². The summed E-state index contributed by atoms with van der Waals surface area (Å²) in [5, 5.41) is 0. The van der Waals surface area contributed by atoms with E-state index in [4.69, 9.17) is 5.73 Å². The van der Waals surface area contributed by atoms with Gasteiger partial charge in [-0.25, -0.2) is 0 Å². The van der Waals surface area contributed by atoms with Crippen LogP contribution in [0.2, 0.25) is 0 Å². The number of amides is 1. The van der Waals surface area contributed by atoms with E-state index in [1.807, 2.05) is 11.8 Å². The first-order valence-corrected chi connectivity index (χ1v) is 5.91. The lowest BCUT2D eigenvalue weighted by Gasteiger charge is -2.37. The molecule has 4 heteroatoms. The summed E-state index contributed by atoms with van der Waals surface area (Å²) in [6.07, 6.45) is 1.63. The molecule has 1 fully saturated rings. The second-order valence-electron chi connectivity index (χ2n) is 4.25. The van der Waals surface area contributed by atoms with Crippen molar-refractivity contribution in [2.75, 3.05) is 32.7 Å². The SMILES string of the molecule is CCCC(=O)N1CCN(C(C)CN)CC1. The number of hydrogen-bond acceptors (Lipinski definition) is 3. The molecule has 0 spiro atoms. The Morgan fingerprint density at radius 2 is 1.93 bits per heavy atom. The van der Waals surface area contributed by atoms with Crippen LogP contribution in [0.3, 0.4) is 0 Å². The van der Waals surface area contributed by atoms with E-state index in [0.29, 0.717) is 24.9 Å². The standard InChI is InChI=1S/C11H23N3O/c1-3-4-11(15)14-7-5-13(6-8-14)10(2)9-12/h10H,3-9,12H2,1-2H3. The van der Waals surface area contributed by atoms with Gasteiger partial charge >= 0.3 is 0 Å². The van der Waals surface area contributed by atoms with E-state index in [1.54, 1.807) is 0 Å². The maximum atomic E-state index is 11.6. The van der Waals surface area contributed by atoms with E-state index < -0.39 is 0 Å². The van der Waals surface area contributed by atoms with E-state index in [2.05, 4.69) is 11.8 Å². The Labute approximate surface area is 92.4 Å². The van der Waals surface area contributed by atoms with Gasteiger partial charge in [0.2, 0.25) is 5.91 Å². The lowest BCUT2D eigenvalue weighted by Crippen LogP contribution is -2.52. The molecule has 0 aromatic rings. The Morgan fingerprint density at radius 3 is 2.40 bits per heavy atom. The number of piperazine rings is 1. The molecule has 1 atom stereocenters. The summed E-state index contributed by atoms with van der Waals surface area (Å²) in [5.74, 6) is 0.303. The van der Waals surface area contributed by atoms with Gasteiger partial charge in [-0.05, 0) is 13.3 Å². The maximum Gasteiger partial charge on any atom is 0.222 e. The van der Waals surface area contributed by atoms with Crippen LogP contribution in [0.5, 0.6) is 0 Å². The van der Waals surface area contributed by atoms with Gasteiger partial charge in [-0.3, -0.25) is 9.69 Å². The van der Waals surface area contributed by atoms with Crippen molar-refractivity contribution in [3.8, 4) is 0 Å². The monoisotopic (exact) mass is 213 g/mol. The minimum atomic E-state index is 0.303. The minimum Gasteiger partial charge on any atom is -0.340 e. The fourth-order valence-corrected chi connectivity index (χ4v) is 1.93. The van der Waals surface area contributed by atoms with Crippen molar-refractivity contribution >= 4 is 5.91 Å². The molecule has 0 bridgehead atoms. The zero-order valence-corrected chi connectivity index (χ0v) is 9.91. The normalized spacial score (nSPS) is 20.3. The third kappa shape index (κ3) is 3.47.